The van der Waals surface area contributed by atoms with Gasteiger partial charge in [-0.1, -0.05) is 61.9 Å². The molecule has 2 amide bonds. The van der Waals surface area contributed by atoms with Crippen LogP contribution in [0.5, 0.6) is 0 Å². The number of para-hydroxylation sites is 1. The van der Waals surface area contributed by atoms with Crippen molar-refractivity contribution < 1.29 is 14.5 Å². The average Bonchev–Trinajstić information content (AvgIpc) is 2.75. The van der Waals surface area contributed by atoms with E-state index < -0.39 is 11.0 Å². The number of hydrogen-bond donors (Lipinski definition) is 1. The molecule has 2 aromatic rings. The van der Waals surface area contributed by atoms with Gasteiger partial charge in [0, 0.05) is 24.2 Å². The number of benzene rings is 2. The maximum absolute atomic E-state index is 13.3. The fourth-order valence-electron chi connectivity index (χ4n) is 3.35. The van der Waals surface area contributed by atoms with Gasteiger partial charge in [-0.25, -0.2) is 0 Å². The summed E-state index contributed by atoms with van der Waals surface area (Å²) in [4.78, 5) is 38.7. The minimum absolute atomic E-state index is 0.00640. The van der Waals surface area contributed by atoms with Crippen molar-refractivity contribution in [1.29, 1.82) is 0 Å². The number of nitro groups is 1. The predicted octanol–water partition coefficient (Wildman–Crippen LogP) is 4.17. The third kappa shape index (κ3) is 6.64. The molecule has 0 bridgehead atoms. The fourth-order valence-corrected chi connectivity index (χ4v) is 3.35. The third-order valence-electron chi connectivity index (χ3n) is 5.39. The van der Waals surface area contributed by atoms with Crippen LogP contribution >= 0.6 is 0 Å². The Hall–Kier alpha value is -3.22. The van der Waals surface area contributed by atoms with Crippen LogP contribution < -0.4 is 5.32 Å². The summed E-state index contributed by atoms with van der Waals surface area (Å²) in [7, 11) is 0. The highest BCUT2D eigenvalue weighted by molar-refractivity contribution is 5.89. The lowest BCUT2D eigenvalue weighted by molar-refractivity contribution is -0.385. The molecule has 0 aliphatic carbocycles. The number of nitrogens with one attached hydrogen (secondary N) is 1. The molecular weight excluding hydrogens is 394 g/mol. The molecule has 31 heavy (non-hydrogen) atoms. The van der Waals surface area contributed by atoms with Crippen LogP contribution in [-0.4, -0.2) is 33.7 Å². The lowest BCUT2D eigenvalue weighted by Gasteiger charge is -2.31. The number of nitro benzene ring substituents is 1. The van der Waals surface area contributed by atoms with Crippen LogP contribution in [0.1, 0.15) is 50.3 Å². The zero-order chi connectivity index (χ0) is 23.0. The van der Waals surface area contributed by atoms with E-state index in [1.54, 1.807) is 23.1 Å². The number of aryl methyl sites for hydroxylation is 1. The molecule has 7 heteroatoms. The van der Waals surface area contributed by atoms with Crippen LogP contribution in [0.15, 0.2) is 48.5 Å². The molecule has 0 aliphatic heterocycles. The van der Waals surface area contributed by atoms with Gasteiger partial charge in [0.1, 0.15) is 6.04 Å². The van der Waals surface area contributed by atoms with Gasteiger partial charge >= 0.3 is 0 Å². The van der Waals surface area contributed by atoms with E-state index in [0.717, 1.165) is 17.5 Å². The monoisotopic (exact) mass is 425 g/mol. The molecule has 0 spiro atoms. The topological polar surface area (TPSA) is 92.6 Å². The van der Waals surface area contributed by atoms with Crippen LogP contribution in [0, 0.1) is 17.0 Å². The average molecular weight is 426 g/mol. The Morgan fingerprint density at radius 2 is 1.71 bits per heavy atom. The molecule has 2 atom stereocenters. The van der Waals surface area contributed by atoms with E-state index in [4.69, 9.17) is 0 Å². The zero-order valence-corrected chi connectivity index (χ0v) is 18.6. The third-order valence-corrected chi connectivity index (χ3v) is 5.39. The second-order valence-corrected chi connectivity index (χ2v) is 7.81. The van der Waals surface area contributed by atoms with E-state index in [1.165, 1.54) is 6.07 Å². The van der Waals surface area contributed by atoms with Gasteiger partial charge in [-0.2, -0.15) is 0 Å². The van der Waals surface area contributed by atoms with Gasteiger partial charge in [-0.15, -0.1) is 0 Å². The highest BCUT2D eigenvalue weighted by Gasteiger charge is 2.30. The Morgan fingerprint density at radius 1 is 1.06 bits per heavy atom. The van der Waals surface area contributed by atoms with E-state index in [0.29, 0.717) is 12.0 Å². The van der Waals surface area contributed by atoms with Gasteiger partial charge in [0.15, 0.2) is 0 Å². The standard InChI is InChI=1S/C24H31N3O4/c1-5-18(4)25-24(29)21(6-2)26(16-19-13-11-17(3)12-14-19)23(28)15-20-9-7-8-10-22(20)27(30)31/h7-14,18,21H,5-6,15-16H2,1-4H3,(H,25,29). The first-order valence-corrected chi connectivity index (χ1v) is 10.6. The van der Waals surface area contributed by atoms with Crippen molar-refractivity contribution in [2.24, 2.45) is 0 Å². The normalized spacial score (nSPS) is 12.6. The van der Waals surface area contributed by atoms with Crippen LogP contribution in [0.2, 0.25) is 0 Å². The largest absolute Gasteiger partial charge is 0.352 e. The van der Waals surface area contributed by atoms with Gasteiger partial charge in [-0.05, 0) is 32.3 Å². The molecule has 7 nitrogen and oxygen atoms in total. The quantitative estimate of drug-likeness (QED) is 0.457. The number of rotatable bonds is 10. The fraction of sp³-hybridized carbons (Fsp3) is 0.417. The minimum atomic E-state index is -0.662. The van der Waals surface area contributed by atoms with Crippen LogP contribution in [0.3, 0.4) is 0 Å². The summed E-state index contributed by atoms with van der Waals surface area (Å²) in [5.74, 6) is -0.527. The molecule has 0 aliphatic rings. The Kier molecular flexibility index (Phi) is 8.73. The molecule has 166 valence electrons. The Balaban J connectivity index is 2.35. The molecule has 2 aromatic carbocycles. The summed E-state index contributed by atoms with van der Waals surface area (Å²) in [6.07, 6.45) is 1.08. The van der Waals surface area contributed by atoms with Gasteiger partial charge < -0.3 is 10.2 Å². The summed E-state index contributed by atoms with van der Waals surface area (Å²) >= 11 is 0. The molecule has 0 aromatic heterocycles. The second-order valence-electron chi connectivity index (χ2n) is 7.81. The molecule has 2 unspecified atom stereocenters. The summed E-state index contributed by atoms with van der Waals surface area (Å²) < 4.78 is 0. The lowest BCUT2D eigenvalue weighted by atomic mass is 10.0. The number of carbonyl (C=O) groups excluding carboxylic acids is 2. The highest BCUT2D eigenvalue weighted by atomic mass is 16.6. The van der Waals surface area contributed by atoms with E-state index in [9.17, 15) is 19.7 Å². The van der Waals surface area contributed by atoms with Crippen molar-refractivity contribution in [2.45, 2.75) is 65.6 Å². The van der Waals surface area contributed by atoms with E-state index >= 15 is 0 Å². The number of amides is 2. The van der Waals surface area contributed by atoms with E-state index in [-0.39, 0.29) is 36.5 Å². The van der Waals surface area contributed by atoms with Crippen molar-refractivity contribution in [3.8, 4) is 0 Å². The van der Waals surface area contributed by atoms with E-state index in [2.05, 4.69) is 5.32 Å². The molecule has 0 radical (unpaired) electrons. The predicted molar refractivity (Wildman–Crippen MR) is 121 cm³/mol. The summed E-state index contributed by atoms with van der Waals surface area (Å²) in [6.45, 7) is 8.00. The van der Waals surface area contributed by atoms with Gasteiger partial charge in [0.2, 0.25) is 11.8 Å². The number of nitrogens with zero attached hydrogens (tertiary/aromatic N) is 2. The maximum Gasteiger partial charge on any atom is 0.273 e. The molecular formula is C24H31N3O4. The second kappa shape index (κ2) is 11.2. The smallest absolute Gasteiger partial charge is 0.273 e. The van der Waals surface area contributed by atoms with Gasteiger partial charge in [-0.3, -0.25) is 19.7 Å². The SMILES string of the molecule is CCC(C)NC(=O)C(CC)N(Cc1ccc(C)cc1)C(=O)Cc1ccccc1[N+](=O)[O-]. The first-order valence-electron chi connectivity index (χ1n) is 10.6. The van der Waals surface area contributed by atoms with Crippen molar-refractivity contribution in [3.63, 3.8) is 0 Å². The maximum atomic E-state index is 13.3. The van der Waals surface area contributed by atoms with E-state index in [1.807, 2.05) is 52.0 Å². The summed E-state index contributed by atoms with van der Waals surface area (Å²) in [5, 5.41) is 14.3. The van der Waals surface area contributed by atoms with Gasteiger partial charge in [0.25, 0.3) is 5.69 Å². The van der Waals surface area contributed by atoms with Crippen LogP contribution in [0.25, 0.3) is 0 Å². The minimum Gasteiger partial charge on any atom is -0.352 e. The van der Waals surface area contributed by atoms with Crippen molar-refractivity contribution in [2.75, 3.05) is 0 Å². The highest BCUT2D eigenvalue weighted by Crippen LogP contribution is 2.21. The van der Waals surface area contributed by atoms with Crippen LogP contribution in [0.4, 0.5) is 5.69 Å². The Bertz CT molecular complexity index is 911. The van der Waals surface area contributed by atoms with Crippen molar-refractivity contribution in [1.82, 2.24) is 10.2 Å². The summed E-state index contributed by atoms with van der Waals surface area (Å²) in [6, 6.07) is 13.3. The Morgan fingerprint density at radius 3 is 2.29 bits per heavy atom. The Labute approximate surface area is 183 Å². The zero-order valence-electron chi connectivity index (χ0n) is 18.6. The van der Waals surface area contributed by atoms with Crippen molar-refractivity contribution >= 4 is 17.5 Å². The molecule has 1 N–H and O–H groups in total. The lowest BCUT2D eigenvalue weighted by Crippen LogP contribution is -2.51. The number of hydrogen-bond acceptors (Lipinski definition) is 4. The molecule has 0 fully saturated rings. The molecule has 0 saturated heterocycles. The van der Waals surface area contributed by atoms with Gasteiger partial charge in [0.05, 0.1) is 11.3 Å². The first-order chi connectivity index (χ1) is 14.8. The number of carbonyl (C=O) groups is 2. The summed E-state index contributed by atoms with van der Waals surface area (Å²) in [5.41, 5.74) is 2.24. The van der Waals surface area contributed by atoms with Crippen molar-refractivity contribution in [3.05, 3.63) is 75.3 Å². The molecule has 0 heterocycles. The molecule has 0 saturated carbocycles. The first kappa shape index (κ1) is 24.1. The molecule has 2 rings (SSSR count). The van der Waals surface area contributed by atoms with Crippen LogP contribution in [-0.2, 0) is 22.6 Å².